The van der Waals surface area contributed by atoms with Crippen LogP contribution in [0.15, 0.2) is 170 Å². The predicted molar refractivity (Wildman–Crippen MR) is 410 cm³/mol. The summed E-state index contributed by atoms with van der Waals surface area (Å²) in [5.74, 6) is 0. The second kappa shape index (κ2) is 37.1. The molecule has 0 atom stereocenters. The summed E-state index contributed by atoms with van der Waals surface area (Å²) in [6.45, 7) is 34.8. The molecule has 0 radical (unpaired) electrons. The molecule has 0 saturated carbocycles. The molecule has 0 N–H and O–H groups in total. The standard InChI is InChI=1S/4C19H17Cl2.2C2H6Si.2ClH.2Zr/c4*1-11-9-10-15(14-7-5-4-6-8-14)17-12(2)13(3)18(16(11)17)19(20)21;2*1-3-2;;;;/h4*4-10,19H,1-3H3;2*1-2H3;2*1H;;/q4*-1;;;;;2*+2/p-2. The minimum Gasteiger partial charge on any atom is -1.00 e. The maximum atomic E-state index is 6.24. The average Bonchev–Trinajstić information content (AvgIpc) is 1.62. The van der Waals surface area contributed by atoms with Crippen LogP contribution < -0.4 is 24.8 Å². The number of fused-ring (bicyclic) bond motifs is 4. The van der Waals surface area contributed by atoms with E-state index in [1.54, 1.807) is 46.7 Å². The largest absolute Gasteiger partial charge is 1.00 e. The Morgan fingerprint density at radius 3 is 0.553 bits per heavy atom. The predicted octanol–water partition coefficient (Wildman–Crippen LogP) is 22.1. The van der Waals surface area contributed by atoms with Gasteiger partial charge in [-0.25, -0.2) is 0 Å². The van der Waals surface area contributed by atoms with Crippen molar-refractivity contribution in [1.29, 1.82) is 0 Å². The molecule has 12 aromatic rings. The number of hydrogen-bond donors (Lipinski definition) is 0. The van der Waals surface area contributed by atoms with E-state index in [2.05, 4.69) is 255 Å². The van der Waals surface area contributed by atoms with E-state index in [1.807, 2.05) is 24.3 Å². The van der Waals surface area contributed by atoms with Gasteiger partial charge in [0.05, 0.1) is 19.3 Å². The zero-order valence-electron chi connectivity index (χ0n) is 56.3. The van der Waals surface area contributed by atoms with Gasteiger partial charge in [0, 0.05) is 0 Å². The van der Waals surface area contributed by atoms with Gasteiger partial charge in [0.1, 0.15) is 0 Å². The van der Waals surface area contributed by atoms with Crippen molar-refractivity contribution in [2.45, 2.75) is 129 Å². The fraction of sp³-hybridized carbons (Fsp3) is 0.250. The van der Waals surface area contributed by atoms with Crippen LogP contribution >= 0.6 is 92.8 Å². The Balaban J connectivity index is 0.000000217. The van der Waals surface area contributed by atoms with E-state index in [9.17, 15) is 0 Å². The molecule has 0 saturated heterocycles. The molecule has 0 bridgehead atoms. The molecule has 0 unspecified atom stereocenters. The molecule has 0 aliphatic carbocycles. The Kier molecular flexibility index (Phi) is 32.4. The first-order valence-electron chi connectivity index (χ1n) is 30.7. The van der Waals surface area contributed by atoms with Gasteiger partial charge in [-0.1, -0.05) is 273 Å². The number of benzene rings is 8. The molecule has 0 aliphatic rings. The molecule has 0 spiro atoms. The maximum absolute atomic E-state index is 6.24. The quantitative estimate of drug-likeness (QED) is 0.0808. The van der Waals surface area contributed by atoms with Crippen LogP contribution in [0.1, 0.15) is 108 Å². The first-order chi connectivity index (χ1) is 43.5. The third-order valence-electron chi connectivity index (χ3n) is 17.3. The van der Waals surface area contributed by atoms with Gasteiger partial charge in [0.2, 0.25) is 0 Å². The molecule has 0 aromatic heterocycles. The first kappa shape index (κ1) is 82.0. The van der Waals surface area contributed by atoms with Crippen LogP contribution in [0.2, 0.25) is 26.2 Å². The topological polar surface area (TPSA) is 0 Å². The normalized spacial score (nSPS) is 10.9. The summed E-state index contributed by atoms with van der Waals surface area (Å²) in [5.41, 5.74) is 29.3. The van der Waals surface area contributed by atoms with Crippen LogP contribution in [0, 0.1) is 83.1 Å². The Bertz CT molecular complexity index is 3980. The van der Waals surface area contributed by atoms with E-state index in [0.29, 0.717) is 0 Å². The molecule has 12 aromatic carbocycles. The summed E-state index contributed by atoms with van der Waals surface area (Å²) in [5, 5.41) is 9.95. The summed E-state index contributed by atoms with van der Waals surface area (Å²) < 4.78 is 0. The number of aryl methyl sites for hydroxylation is 8. The average molecular weight is 1630 g/mol. The van der Waals surface area contributed by atoms with E-state index in [-0.39, 0.29) is 35.7 Å². The Hall–Kier alpha value is -2.70. The van der Waals surface area contributed by atoms with Gasteiger partial charge in [0.15, 0.2) is 0 Å². The van der Waals surface area contributed by atoms with Crippen LogP contribution in [0.5, 0.6) is 0 Å². The molecule has 0 fully saturated rings. The molecular formula is C80H80Cl10Si2Zr2-2. The van der Waals surface area contributed by atoms with Gasteiger partial charge in [-0.3, -0.25) is 0 Å². The van der Waals surface area contributed by atoms with Crippen molar-refractivity contribution in [3.63, 3.8) is 0 Å². The van der Waals surface area contributed by atoms with Crippen molar-refractivity contribution in [1.82, 2.24) is 0 Å². The maximum Gasteiger partial charge on any atom is 0.0997 e. The summed E-state index contributed by atoms with van der Waals surface area (Å²) in [7, 11) is 0. The minimum absolute atomic E-state index is 0. The molecule has 0 amide bonds. The van der Waals surface area contributed by atoms with Gasteiger partial charge < -0.3 is 24.8 Å². The molecule has 14 heteroatoms. The van der Waals surface area contributed by atoms with Gasteiger partial charge in [-0.05, 0) is 22.3 Å². The molecule has 488 valence electrons. The van der Waals surface area contributed by atoms with E-state index in [4.69, 9.17) is 92.8 Å². The first-order valence-corrected chi connectivity index (χ1v) is 46.6. The van der Waals surface area contributed by atoms with Crippen molar-refractivity contribution in [2.24, 2.45) is 0 Å². The number of hydrogen-bond acceptors (Lipinski definition) is 0. The van der Waals surface area contributed by atoms with Crippen LogP contribution in [0.3, 0.4) is 0 Å². The summed E-state index contributed by atoms with van der Waals surface area (Å²) in [4.78, 5) is -1.98. The Morgan fingerprint density at radius 1 is 0.266 bits per heavy atom. The fourth-order valence-electron chi connectivity index (χ4n) is 12.6. The van der Waals surface area contributed by atoms with E-state index in [1.165, 1.54) is 154 Å². The van der Waals surface area contributed by atoms with Gasteiger partial charge in [-0.2, -0.15) is 22.3 Å². The van der Waals surface area contributed by atoms with Gasteiger partial charge in [-0.15, -0.1) is 205 Å². The Morgan fingerprint density at radius 2 is 0.415 bits per heavy atom. The van der Waals surface area contributed by atoms with Crippen molar-refractivity contribution in [3.05, 3.63) is 259 Å². The second-order valence-corrected chi connectivity index (χ2v) is 47.2. The van der Waals surface area contributed by atoms with Crippen molar-refractivity contribution >= 4 is 147 Å². The van der Waals surface area contributed by atoms with E-state index < -0.39 is 19.3 Å². The molecule has 0 aliphatic heterocycles. The molecule has 12 rings (SSSR count). The smallest absolute Gasteiger partial charge is 0.0997 e. The third-order valence-corrected chi connectivity index (χ3v) is 19.1. The van der Waals surface area contributed by atoms with Crippen LogP contribution in [-0.4, -0.2) is 10.9 Å². The monoisotopic (exact) mass is 1630 g/mol. The molecular weight excluding hydrogens is 1550 g/mol. The zero-order chi connectivity index (χ0) is 67.7. The van der Waals surface area contributed by atoms with Gasteiger partial charge in [0.25, 0.3) is 0 Å². The number of rotatable bonds is 8. The van der Waals surface area contributed by atoms with Crippen LogP contribution in [-0.2, 0) is 46.7 Å². The SMILES string of the molecule is C[Si](C)=[Zr+2].C[Si](C)=[Zr+2].Cc1c(C)[c-](C(Cl)Cl)c2c(C)ccc(-c3ccccc3)c12.Cc1c(C)[c-](C(Cl)Cl)c2c(C)ccc(-c3ccccc3)c12.Cc1c(C)[c-](C(Cl)Cl)c2c(C)ccc(-c3ccccc3)c12.Cc1c(C)[c-](C(Cl)Cl)c2c(C)ccc(-c3ccccc3)c12.[Cl-].[Cl-]. The third kappa shape index (κ3) is 18.6. The fourth-order valence-corrected chi connectivity index (χ4v) is 14.8. The summed E-state index contributed by atoms with van der Waals surface area (Å²) in [6, 6.07) is 59.3. The van der Waals surface area contributed by atoms with E-state index >= 15 is 0 Å². The van der Waals surface area contributed by atoms with Crippen molar-refractivity contribution in [2.75, 3.05) is 0 Å². The van der Waals surface area contributed by atoms with Crippen molar-refractivity contribution in [3.8, 4) is 44.5 Å². The van der Waals surface area contributed by atoms with Crippen molar-refractivity contribution < 1.29 is 71.5 Å². The van der Waals surface area contributed by atoms with Crippen LogP contribution in [0.25, 0.3) is 87.6 Å². The molecule has 94 heavy (non-hydrogen) atoms. The van der Waals surface area contributed by atoms with Gasteiger partial charge >= 0.3 is 83.7 Å². The Labute approximate surface area is 642 Å². The number of alkyl halides is 8. The van der Waals surface area contributed by atoms with Crippen LogP contribution in [0.4, 0.5) is 0 Å². The summed E-state index contributed by atoms with van der Waals surface area (Å²) >= 11 is 53.4. The second-order valence-electron chi connectivity index (χ2n) is 24.0. The summed E-state index contributed by atoms with van der Waals surface area (Å²) in [6.07, 6.45) is 0. The minimum atomic E-state index is -0.495. The number of halogens is 10. The zero-order valence-corrected chi connectivity index (χ0v) is 70.7. The van der Waals surface area contributed by atoms with E-state index in [0.717, 1.165) is 22.3 Å². The molecule has 0 heterocycles. The molecule has 0 nitrogen and oxygen atoms in total.